The highest BCUT2D eigenvalue weighted by molar-refractivity contribution is 5.78. The largest absolute Gasteiger partial charge is 0.464 e. The van der Waals surface area contributed by atoms with Crippen molar-refractivity contribution < 1.29 is 13.2 Å². The van der Waals surface area contributed by atoms with Crippen LogP contribution in [0.1, 0.15) is 12.0 Å². The van der Waals surface area contributed by atoms with Crippen LogP contribution in [0.25, 0.3) is 11.0 Å². The summed E-state index contributed by atoms with van der Waals surface area (Å²) in [5.74, 6) is -2.77. The summed E-state index contributed by atoms with van der Waals surface area (Å²) in [6.07, 6.45) is 1.26. The van der Waals surface area contributed by atoms with Crippen LogP contribution < -0.4 is 5.73 Å². The van der Waals surface area contributed by atoms with Gasteiger partial charge >= 0.3 is 0 Å². The Morgan fingerprint density at radius 3 is 2.67 bits per heavy atom. The van der Waals surface area contributed by atoms with Gasteiger partial charge < -0.3 is 10.2 Å². The Hall–Kier alpha value is -1.42. The van der Waals surface area contributed by atoms with Crippen molar-refractivity contribution in [2.45, 2.75) is 17.9 Å². The number of rotatable bonds is 1. The Kier molecular flexibility index (Phi) is 1.41. The first-order valence-electron chi connectivity index (χ1n) is 4.67. The van der Waals surface area contributed by atoms with Gasteiger partial charge in [-0.05, 0) is 23.8 Å². The molecule has 4 heteroatoms. The van der Waals surface area contributed by atoms with Crippen molar-refractivity contribution >= 4 is 11.0 Å². The van der Waals surface area contributed by atoms with Gasteiger partial charge in [-0.2, -0.15) is 0 Å². The van der Waals surface area contributed by atoms with Crippen LogP contribution in [-0.4, -0.2) is 5.92 Å². The highest BCUT2D eigenvalue weighted by Gasteiger charge is 2.69. The Morgan fingerprint density at radius 2 is 2.00 bits per heavy atom. The van der Waals surface area contributed by atoms with Crippen molar-refractivity contribution in [3.63, 3.8) is 0 Å². The van der Waals surface area contributed by atoms with E-state index < -0.39 is 11.5 Å². The fraction of sp³-hybridized carbons (Fsp3) is 0.273. The summed E-state index contributed by atoms with van der Waals surface area (Å²) in [5, 5.41) is 0.806. The van der Waals surface area contributed by atoms with Crippen LogP contribution in [0.3, 0.4) is 0 Å². The molecule has 2 N–H and O–H groups in total. The second-order valence-electron chi connectivity index (χ2n) is 4.03. The van der Waals surface area contributed by atoms with E-state index >= 15 is 0 Å². The molecule has 0 radical (unpaired) electrons. The molecule has 1 aliphatic rings. The summed E-state index contributed by atoms with van der Waals surface area (Å²) in [5.41, 5.74) is 5.31. The van der Waals surface area contributed by atoms with Crippen LogP contribution in [0.5, 0.6) is 0 Å². The Labute approximate surface area is 84.7 Å². The summed E-state index contributed by atoms with van der Waals surface area (Å²) < 4.78 is 31.2. The molecule has 1 heterocycles. The monoisotopic (exact) mass is 209 g/mol. The van der Waals surface area contributed by atoms with Gasteiger partial charge in [0.1, 0.15) is 11.1 Å². The molecule has 3 rings (SSSR count). The number of alkyl halides is 2. The molecule has 1 aromatic carbocycles. The zero-order chi connectivity index (χ0) is 10.7. The number of furan rings is 1. The lowest BCUT2D eigenvalue weighted by molar-refractivity contribution is 0.0891. The average molecular weight is 209 g/mol. The van der Waals surface area contributed by atoms with E-state index in [-0.39, 0.29) is 6.42 Å². The van der Waals surface area contributed by atoms with Gasteiger partial charge in [0.2, 0.25) is 0 Å². The van der Waals surface area contributed by atoms with Crippen molar-refractivity contribution in [3.05, 3.63) is 36.1 Å². The molecule has 0 bridgehead atoms. The molecule has 0 spiro atoms. The van der Waals surface area contributed by atoms with E-state index in [1.807, 2.05) is 0 Å². The summed E-state index contributed by atoms with van der Waals surface area (Å²) in [6.45, 7) is 0. The maximum absolute atomic E-state index is 13.0. The Bertz CT molecular complexity index is 534. The molecule has 2 aromatic rings. The number of benzene rings is 1. The molecule has 1 atom stereocenters. The molecule has 0 aliphatic heterocycles. The van der Waals surface area contributed by atoms with Gasteiger partial charge in [0.15, 0.2) is 0 Å². The lowest BCUT2D eigenvalue weighted by Crippen LogP contribution is -2.26. The molecular weight excluding hydrogens is 200 g/mol. The summed E-state index contributed by atoms with van der Waals surface area (Å²) >= 11 is 0. The maximum Gasteiger partial charge on any atom is 0.272 e. The summed E-state index contributed by atoms with van der Waals surface area (Å²) in [4.78, 5) is 0. The zero-order valence-electron chi connectivity index (χ0n) is 7.84. The predicted molar refractivity (Wildman–Crippen MR) is 51.6 cm³/mol. The number of nitrogens with two attached hydrogens (primary N) is 1. The third-order valence-corrected chi connectivity index (χ3v) is 3.00. The molecular formula is C11H9F2NO. The number of hydrogen-bond acceptors (Lipinski definition) is 2. The minimum Gasteiger partial charge on any atom is -0.464 e. The maximum atomic E-state index is 13.0. The molecule has 0 amide bonds. The van der Waals surface area contributed by atoms with Gasteiger partial charge in [0, 0.05) is 11.8 Å². The van der Waals surface area contributed by atoms with Crippen LogP contribution >= 0.6 is 0 Å². The van der Waals surface area contributed by atoms with Crippen LogP contribution in [0, 0.1) is 0 Å². The molecule has 15 heavy (non-hydrogen) atoms. The van der Waals surface area contributed by atoms with Crippen molar-refractivity contribution in [1.29, 1.82) is 0 Å². The Morgan fingerprint density at radius 1 is 1.27 bits per heavy atom. The van der Waals surface area contributed by atoms with E-state index in [1.165, 1.54) is 6.26 Å². The smallest absolute Gasteiger partial charge is 0.272 e. The molecule has 2 nitrogen and oxygen atoms in total. The lowest BCUT2D eigenvalue weighted by atomic mass is 10.0. The van der Waals surface area contributed by atoms with E-state index in [0.29, 0.717) is 11.1 Å². The predicted octanol–water partition coefficient (Wildman–Crippen LogP) is 2.63. The SMILES string of the molecule is NC1(c2ccc3occc3c2)CC1(F)F. The molecule has 1 aliphatic carbocycles. The van der Waals surface area contributed by atoms with Gasteiger partial charge in [-0.15, -0.1) is 0 Å². The Balaban J connectivity index is 2.13. The van der Waals surface area contributed by atoms with E-state index in [9.17, 15) is 8.78 Å². The summed E-state index contributed by atoms with van der Waals surface area (Å²) in [6, 6.07) is 6.68. The standard InChI is InChI=1S/C11H9F2NO/c12-11(13)6-10(11,14)8-1-2-9-7(5-8)3-4-15-9/h1-5H,6,14H2. The van der Waals surface area contributed by atoms with Gasteiger partial charge in [-0.3, -0.25) is 0 Å². The van der Waals surface area contributed by atoms with Crippen LogP contribution in [0.4, 0.5) is 8.78 Å². The molecule has 1 unspecified atom stereocenters. The van der Waals surface area contributed by atoms with E-state index in [4.69, 9.17) is 10.2 Å². The van der Waals surface area contributed by atoms with Crippen molar-refractivity contribution in [2.75, 3.05) is 0 Å². The minimum atomic E-state index is -2.77. The minimum absolute atomic E-state index is 0.274. The first-order valence-corrected chi connectivity index (χ1v) is 4.67. The quantitative estimate of drug-likeness (QED) is 0.784. The van der Waals surface area contributed by atoms with Gasteiger partial charge in [-0.1, -0.05) is 6.07 Å². The molecule has 78 valence electrons. The number of hydrogen-bond donors (Lipinski definition) is 1. The lowest BCUT2D eigenvalue weighted by Gasteiger charge is -2.10. The molecule has 1 saturated carbocycles. The second-order valence-corrected chi connectivity index (χ2v) is 4.03. The third-order valence-electron chi connectivity index (χ3n) is 3.00. The topological polar surface area (TPSA) is 39.2 Å². The number of halogens is 2. The zero-order valence-corrected chi connectivity index (χ0v) is 7.84. The third kappa shape index (κ3) is 1.05. The summed E-state index contributed by atoms with van der Waals surface area (Å²) in [7, 11) is 0. The van der Waals surface area contributed by atoms with E-state index in [0.717, 1.165) is 5.39 Å². The first-order chi connectivity index (χ1) is 7.03. The van der Waals surface area contributed by atoms with E-state index in [2.05, 4.69) is 0 Å². The van der Waals surface area contributed by atoms with Crippen molar-refractivity contribution in [2.24, 2.45) is 5.73 Å². The van der Waals surface area contributed by atoms with Crippen LogP contribution in [0.15, 0.2) is 34.9 Å². The van der Waals surface area contributed by atoms with Gasteiger partial charge in [0.05, 0.1) is 6.26 Å². The number of fused-ring (bicyclic) bond motifs is 1. The fourth-order valence-electron chi connectivity index (χ4n) is 1.86. The average Bonchev–Trinajstić information content (AvgIpc) is 2.61. The molecule has 0 saturated heterocycles. The van der Waals surface area contributed by atoms with E-state index in [1.54, 1.807) is 24.3 Å². The first kappa shape index (κ1) is 8.85. The van der Waals surface area contributed by atoms with Crippen molar-refractivity contribution in [1.82, 2.24) is 0 Å². The van der Waals surface area contributed by atoms with Crippen LogP contribution in [-0.2, 0) is 5.54 Å². The fourth-order valence-corrected chi connectivity index (χ4v) is 1.86. The normalized spacial score (nSPS) is 28.2. The van der Waals surface area contributed by atoms with Gasteiger partial charge in [-0.25, -0.2) is 8.78 Å². The molecule has 1 aromatic heterocycles. The highest BCUT2D eigenvalue weighted by Crippen LogP contribution is 2.57. The van der Waals surface area contributed by atoms with Crippen LogP contribution in [0.2, 0.25) is 0 Å². The second kappa shape index (κ2) is 2.39. The highest BCUT2D eigenvalue weighted by atomic mass is 19.3. The van der Waals surface area contributed by atoms with Crippen molar-refractivity contribution in [3.8, 4) is 0 Å². The van der Waals surface area contributed by atoms with Gasteiger partial charge in [0.25, 0.3) is 5.92 Å². The molecule has 1 fully saturated rings.